The van der Waals surface area contributed by atoms with Gasteiger partial charge in [0.05, 0.1) is 5.69 Å². The van der Waals surface area contributed by atoms with E-state index < -0.39 is 34.8 Å². The first-order chi connectivity index (χ1) is 18.1. The summed E-state index contributed by atoms with van der Waals surface area (Å²) in [6.07, 6.45) is -0.267. The molecule has 5 heterocycles. The molecule has 0 aliphatic heterocycles. The number of halogens is 2. The van der Waals surface area contributed by atoms with Gasteiger partial charge in [0.2, 0.25) is 6.33 Å². The molecular weight excluding hydrogens is 544 g/mol. The van der Waals surface area contributed by atoms with E-state index in [2.05, 4.69) is 25.5 Å². The van der Waals surface area contributed by atoms with Crippen LogP contribution in [0.1, 0.15) is 37.2 Å². The van der Waals surface area contributed by atoms with Gasteiger partial charge in [0, 0.05) is 32.0 Å². The van der Waals surface area contributed by atoms with Crippen LogP contribution in [0.25, 0.3) is 20.7 Å². The van der Waals surface area contributed by atoms with E-state index in [0.717, 1.165) is 27.2 Å². The molecule has 0 saturated heterocycles. The van der Waals surface area contributed by atoms with E-state index in [-0.39, 0.29) is 27.8 Å². The van der Waals surface area contributed by atoms with Gasteiger partial charge in [-0.1, -0.05) is 4.98 Å². The predicted octanol–water partition coefficient (Wildman–Crippen LogP) is 3.82. The van der Waals surface area contributed by atoms with Gasteiger partial charge in [-0.2, -0.15) is 9.78 Å². The molecule has 0 aliphatic rings. The molecule has 13 nitrogen and oxygen atoms in total. The van der Waals surface area contributed by atoms with Crippen LogP contribution >= 0.6 is 22.7 Å². The summed E-state index contributed by atoms with van der Waals surface area (Å²) in [5.74, 6) is -2.16. The largest absolute Gasteiger partial charge is 0.491 e. The van der Waals surface area contributed by atoms with Crippen molar-refractivity contribution in [3.05, 3.63) is 68.0 Å². The first-order valence-electron chi connectivity index (χ1n) is 10.6. The monoisotopic (exact) mass is 559 g/mol. The molecule has 0 bridgehead atoms. The number of rotatable bonds is 8. The molecule has 0 aliphatic carbocycles. The van der Waals surface area contributed by atoms with Gasteiger partial charge in [0.1, 0.15) is 15.4 Å². The zero-order valence-electron chi connectivity index (χ0n) is 19.2. The van der Waals surface area contributed by atoms with Crippen molar-refractivity contribution in [2.45, 2.75) is 20.0 Å². The fourth-order valence-corrected chi connectivity index (χ4v) is 5.52. The Balaban J connectivity index is 1.52. The van der Waals surface area contributed by atoms with Crippen molar-refractivity contribution in [2.24, 2.45) is 5.73 Å². The number of pyridine rings is 1. The third-order valence-corrected chi connectivity index (χ3v) is 7.36. The molecular formula is C21H15F2N9O4S2. The van der Waals surface area contributed by atoms with E-state index in [1.165, 1.54) is 34.3 Å². The van der Waals surface area contributed by atoms with Crippen LogP contribution < -0.4 is 11.1 Å². The van der Waals surface area contributed by atoms with E-state index in [1.54, 1.807) is 6.07 Å². The van der Waals surface area contributed by atoms with Crippen LogP contribution in [-0.2, 0) is 6.67 Å². The van der Waals surface area contributed by atoms with Crippen molar-refractivity contribution in [3.63, 3.8) is 0 Å². The smallest absolute Gasteiger partial charge is 0.390 e. The highest BCUT2D eigenvalue weighted by Crippen LogP contribution is 2.44. The van der Waals surface area contributed by atoms with Gasteiger partial charge in [-0.25, -0.2) is 18.4 Å². The maximum Gasteiger partial charge on any atom is 0.491 e. The molecule has 0 fully saturated rings. The van der Waals surface area contributed by atoms with Crippen molar-refractivity contribution < 1.29 is 23.3 Å². The van der Waals surface area contributed by atoms with Crippen LogP contribution in [0, 0.1) is 17.0 Å². The first kappa shape index (κ1) is 25.0. The summed E-state index contributed by atoms with van der Waals surface area (Å²) in [4.78, 5) is 44.6. The van der Waals surface area contributed by atoms with Gasteiger partial charge < -0.3 is 21.2 Å². The minimum atomic E-state index is -2.85. The lowest BCUT2D eigenvalue weighted by atomic mass is 10.1. The second-order valence-corrected chi connectivity index (χ2v) is 10.1. The first-order valence-corrected chi connectivity index (χ1v) is 12.2. The number of amides is 2. The van der Waals surface area contributed by atoms with E-state index in [4.69, 9.17) is 5.73 Å². The average Bonchev–Trinajstić information content (AvgIpc) is 3.65. The summed E-state index contributed by atoms with van der Waals surface area (Å²) in [7, 11) is 0. The number of fused-ring (bicyclic) bond motifs is 1. The number of aryl methyl sites for hydroxylation is 1. The van der Waals surface area contributed by atoms with Crippen LogP contribution in [0.5, 0.6) is 0 Å². The zero-order valence-corrected chi connectivity index (χ0v) is 20.8. The third kappa shape index (κ3) is 4.71. The van der Waals surface area contributed by atoms with E-state index in [0.29, 0.717) is 15.8 Å². The van der Waals surface area contributed by atoms with Crippen molar-refractivity contribution in [2.75, 3.05) is 5.32 Å². The normalized spacial score (nSPS) is 11.4. The number of hydrogen-bond acceptors (Lipinski definition) is 10. The molecule has 2 amide bonds. The Labute approximate surface area is 218 Å². The number of primary amides is 1. The number of thiophene rings is 2. The fraction of sp³-hybridized carbons (Fsp3) is 0.143. The minimum absolute atomic E-state index is 0.0401. The lowest BCUT2D eigenvalue weighted by Crippen LogP contribution is -2.18. The van der Waals surface area contributed by atoms with Crippen LogP contribution in [0.4, 0.5) is 20.4 Å². The van der Waals surface area contributed by atoms with E-state index >= 15 is 0 Å². The highest BCUT2D eigenvalue weighted by molar-refractivity contribution is 7.21. The quantitative estimate of drug-likeness (QED) is 0.213. The Hall–Kier alpha value is -4.64. The standard InChI is InChI=1S/C21H15F2N9O4S2/c1-9-2-3-13(37-9)10-6-12(17(22)23)26-20-14(10)15(16(38-20)18(24)33)27-19(34)11-4-5-30(28-11)8-31-7-25-21(29-31)32(35)36/h2-7,17H,8H2,1H3,(H2,24,33)(H,27,34). The highest BCUT2D eigenvalue weighted by Gasteiger charge is 2.26. The lowest BCUT2D eigenvalue weighted by molar-refractivity contribution is -0.394. The molecule has 5 rings (SSSR count). The van der Waals surface area contributed by atoms with Crippen LogP contribution in [-0.4, -0.2) is 46.3 Å². The number of nitrogens with two attached hydrogens (primary N) is 1. The van der Waals surface area contributed by atoms with E-state index in [9.17, 15) is 28.5 Å². The molecule has 0 unspecified atom stereocenters. The number of aromatic nitrogens is 6. The Kier molecular flexibility index (Phi) is 6.37. The number of hydrogen-bond donors (Lipinski definition) is 2. The highest BCUT2D eigenvalue weighted by atomic mass is 32.1. The van der Waals surface area contributed by atoms with Crippen LogP contribution in [0.3, 0.4) is 0 Å². The van der Waals surface area contributed by atoms with Crippen molar-refractivity contribution >= 4 is 56.3 Å². The second kappa shape index (κ2) is 9.67. The van der Waals surface area contributed by atoms with Crippen LogP contribution in [0.15, 0.2) is 36.8 Å². The molecule has 0 spiro atoms. The molecule has 5 aromatic heterocycles. The summed E-state index contributed by atoms with van der Waals surface area (Å²) in [5.41, 5.74) is 5.45. The van der Waals surface area contributed by atoms with Gasteiger partial charge in [-0.05, 0) is 36.1 Å². The molecule has 0 atom stereocenters. The summed E-state index contributed by atoms with van der Waals surface area (Å²) >= 11 is 2.16. The summed E-state index contributed by atoms with van der Waals surface area (Å²) in [6.45, 7) is 1.80. The molecule has 0 radical (unpaired) electrons. The predicted molar refractivity (Wildman–Crippen MR) is 133 cm³/mol. The third-order valence-electron chi connectivity index (χ3n) is 5.22. The number of alkyl halides is 2. The molecule has 0 aromatic carbocycles. The molecule has 0 saturated carbocycles. The fourth-order valence-electron chi connectivity index (χ4n) is 3.62. The summed E-state index contributed by atoms with van der Waals surface area (Å²) in [5, 5.41) is 21.5. The van der Waals surface area contributed by atoms with Crippen molar-refractivity contribution in [1.29, 1.82) is 0 Å². The topological polar surface area (TPSA) is 177 Å². The average molecular weight is 560 g/mol. The Morgan fingerprint density at radius 1 is 1.21 bits per heavy atom. The number of carbonyl (C=O) groups excluding carboxylic acids is 2. The number of nitrogens with one attached hydrogen (secondary N) is 1. The molecule has 3 N–H and O–H groups in total. The molecule has 5 aromatic rings. The summed E-state index contributed by atoms with van der Waals surface area (Å²) < 4.78 is 29.7. The number of nitro groups is 1. The number of carbonyl (C=O) groups is 2. The Morgan fingerprint density at radius 2 is 2.00 bits per heavy atom. The van der Waals surface area contributed by atoms with Gasteiger partial charge in [-0.15, -0.1) is 22.7 Å². The number of anilines is 1. The van der Waals surface area contributed by atoms with Crippen molar-refractivity contribution in [1.82, 2.24) is 29.5 Å². The maximum atomic E-state index is 13.6. The lowest BCUT2D eigenvalue weighted by Gasteiger charge is -2.09. The maximum absolute atomic E-state index is 13.6. The van der Waals surface area contributed by atoms with Gasteiger partial charge >= 0.3 is 5.95 Å². The molecule has 194 valence electrons. The Morgan fingerprint density at radius 3 is 2.63 bits per heavy atom. The van der Waals surface area contributed by atoms with Gasteiger partial charge in [0.15, 0.2) is 12.4 Å². The zero-order chi connectivity index (χ0) is 27.1. The Bertz CT molecular complexity index is 1720. The van der Waals surface area contributed by atoms with Crippen molar-refractivity contribution in [3.8, 4) is 10.4 Å². The van der Waals surface area contributed by atoms with Crippen LogP contribution in [0.2, 0.25) is 0 Å². The number of nitrogens with zero attached hydrogens (tertiary/aromatic N) is 7. The second-order valence-electron chi connectivity index (χ2n) is 7.83. The SMILES string of the molecule is Cc1ccc(-c2cc(C(F)F)nc3sc(C(N)=O)c(NC(=O)c4ccn(Cn5cnc([N+](=O)[O-])n5)n4)c23)s1. The summed E-state index contributed by atoms with van der Waals surface area (Å²) in [6, 6.07) is 6.20. The van der Waals surface area contributed by atoms with Gasteiger partial charge in [0.25, 0.3) is 18.2 Å². The molecule has 38 heavy (non-hydrogen) atoms. The molecule has 17 heteroatoms. The van der Waals surface area contributed by atoms with E-state index in [1.807, 2.05) is 13.0 Å². The van der Waals surface area contributed by atoms with Gasteiger partial charge in [-0.3, -0.25) is 9.59 Å². The minimum Gasteiger partial charge on any atom is -0.390 e.